The van der Waals surface area contributed by atoms with Crippen LogP contribution in [0.4, 0.5) is 0 Å². The molecule has 4 aliphatic rings. The molecular formula is C19H22O4. The Morgan fingerprint density at radius 2 is 1.91 bits per heavy atom. The number of methoxy groups -OCH3 is 1. The number of hydrogen-bond acceptors (Lipinski definition) is 4. The van der Waals surface area contributed by atoms with Crippen LogP contribution in [0.1, 0.15) is 45.4 Å². The lowest BCUT2D eigenvalue weighted by atomic mass is 9.54. The molecule has 2 fully saturated rings. The predicted octanol–water partition coefficient (Wildman–Crippen LogP) is 2.77. The van der Waals surface area contributed by atoms with Gasteiger partial charge in [-0.15, -0.1) is 0 Å². The van der Waals surface area contributed by atoms with Crippen LogP contribution in [0, 0.1) is 23.2 Å². The zero-order valence-corrected chi connectivity index (χ0v) is 13.7. The van der Waals surface area contributed by atoms with E-state index in [0.29, 0.717) is 36.0 Å². The van der Waals surface area contributed by atoms with Crippen molar-refractivity contribution in [2.24, 2.45) is 23.2 Å². The minimum absolute atomic E-state index is 0.0564. The Kier molecular flexibility index (Phi) is 3.16. The molecule has 0 N–H and O–H groups in total. The first kappa shape index (κ1) is 14.9. The van der Waals surface area contributed by atoms with Gasteiger partial charge in [-0.25, -0.2) is 0 Å². The van der Waals surface area contributed by atoms with Crippen molar-refractivity contribution >= 4 is 17.3 Å². The van der Waals surface area contributed by atoms with E-state index in [1.54, 1.807) is 0 Å². The van der Waals surface area contributed by atoms with Crippen molar-refractivity contribution in [1.29, 1.82) is 0 Å². The number of ether oxygens (including phenoxy) is 1. The highest BCUT2D eigenvalue weighted by Gasteiger charge is 2.56. The van der Waals surface area contributed by atoms with Crippen LogP contribution in [-0.4, -0.2) is 24.5 Å². The molecule has 4 rings (SSSR count). The summed E-state index contributed by atoms with van der Waals surface area (Å²) >= 11 is 0. The monoisotopic (exact) mass is 314 g/mol. The van der Waals surface area contributed by atoms with Crippen molar-refractivity contribution in [3.8, 4) is 0 Å². The third-order valence-electron chi connectivity index (χ3n) is 6.82. The third-order valence-corrected chi connectivity index (χ3v) is 6.82. The molecular weight excluding hydrogens is 292 g/mol. The first-order valence-corrected chi connectivity index (χ1v) is 8.58. The van der Waals surface area contributed by atoms with E-state index in [2.05, 4.69) is 6.92 Å². The minimum Gasteiger partial charge on any atom is -0.493 e. The summed E-state index contributed by atoms with van der Waals surface area (Å²) in [4.78, 5) is 37.4. The molecule has 0 aromatic rings. The van der Waals surface area contributed by atoms with Gasteiger partial charge in [-0.05, 0) is 49.9 Å². The minimum atomic E-state index is -0.200. The number of fused-ring (bicyclic) bond motifs is 4. The molecule has 0 spiro atoms. The van der Waals surface area contributed by atoms with E-state index < -0.39 is 0 Å². The van der Waals surface area contributed by atoms with E-state index in [1.165, 1.54) is 13.2 Å². The summed E-state index contributed by atoms with van der Waals surface area (Å²) < 4.78 is 5.07. The fourth-order valence-electron chi connectivity index (χ4n) is 5.62. The molecule has 122 valence electrons. The van der Waals surface area contributed by atoms with Crippen LogP contribution in [0.15, 0.2) is 23.0 Å². The largest absolute Gasteiger partial charge is 0.493 e. The lowest BCUT2D eigenvalue weighted by molar-refractivity contribution is -0.130. The first-order chi connectivity index (χ1) is 11.0. The molecule has 4 nitrogen and oxygen atoms in total. The average molecular weight is 314 g/mol. The molecule has 0 saturated heterocycles. The third kappa shape index (κ3) is 1.87. The molecule has 0 heterocycles. The highest BCUT2D eigenvalue weighted by molar-refractivity contribution is 6.22. The number of ketones is 3. The highest BCUT2D eigenvalue weighted by atomic mass is 16.5. The smallest absolute Gasteiger partial charge is 0.224 e. The number of carbonyl (C=O) groups excluding carboxylic acids is 3. The molecule has 2 saturated carbocycles. The molecule has 4 atom stereocenters. The quantitative estimate of drug-likeness (QED) is 0.698. The molecule has 0 unspecified atom stereocenters. The van der Waals surface area contributed by atoms with Gasteiger partial charge in [0.1, 0.15) is 5.78 Å². The van der Waals surface area contributed by atoms with Crippen molar-refractivity contribution in [2.45, 2.75) is 45.4 Å². The lowest BCUT2D eigenvalue weighted by Gasteiger charge is -2.48. The fourth-order valence-corrected chi connectivity index (χ4v) is 5.62. The van der Waals surface area contributed by atoms with E-state index in [9.17, 15) is 14.4 Å². The van der Waals surface area contributed by atoms with Crippen LogP contribution in [0.3, 0.4) is 0 Å². The summed E-state index contributed by atoms with van der Waals surface area (Å²) in [6.07, 6.45) is 6.22. The number of allylic oxidation sites excluding steroid dienone is 3. The van der Waals surface area contributed by atoms with Gasteiger partial charge in [0.05, 0.1) is 7.11 Å². The molecule has 0 aliphatic heterocycles. The van der Waals surface area contributed by atoms with Crippen molar-refractivity contribution in [3.63, 3.8) is 0 Å². The first-order valence-electron chi connectivity index (χ1n) is 8.58. The van der Waals surface area contributed by atoms with E-state index in [1.807, 2.05) is 0 Å². The maximum Gasteiger partial charge on any atom is 0.224 e. The number of Topliss-reactive ketones (excluding diaryl/α,β-unsaturated/α-hetero) is 2. The normalized spacial score (nSPS) is 39.7. The van der Waals surface area contributed by atoms with Gasteiger partial charge in [0.25, 0.3) is 0 Å². The van der Waals surface area contributed by atoms with Gasteiger partial charge in [0.15, 0.2) is 11.5 Å². The fraction of sp³-hybridized carbons (Fsp3) is 0.632. The van der Waals surface area contributed by atoms with Crippen LogP contribution in [0.2, 0.25) is 0 Å². The second-order valence-electron chi connectivity index (χ2n) is 7.63. The van der Waals surface area contributed by atoms with Crippen LogP contribution in [-0.2, 0) is 19.1 Å². The zero-order chi connectivity index (χ0) is 16.4. The average Bonchev–Trinajstić information content (AvgIpc) is 2.85. The second kappa shape index (κ2) is 4.89. The summed E-state index contributed by atoms with van der Waals surface area (Å²) in [6, 6.07) is 0. The molecule has 23 heavy (non-hydrogen) atoms. The van der Waals surface area contributed by atoms with Gasteiger partial charge in [-0.2, -0.15) is 0 Å². The molecule has 4 aliphatic carbocycles. The van der Waals surface area contributed by atoms with E-state index in [4.69, 9.17) is 4.74 Å². The van der Waals surface area contributed by atoms with E-state index >= 15 is 0 Å². The van der Waals surface area contributed by atoms with Gasteiger partial charge < -0.3 is 4.74 Å². The van der Waals surface area contributed by atoms with Gasteiger partial charge in [0, 0.05) is 29.1 Å². The summed E-state index contributed by atoms with van der Waals surface area (Å²) in [6.45, 7) is 2.11. The van der Waals surface area contributed by atoms with Crippen molar-refractivity contribution in [1.82, 2.24) is 0 Å². The Morgan fingerprint density at radius 1 is 1.13 bits per heavy atom. The van der Waals surface area contributed by atoms with Crippen molar-refractivity contribution in [3.05, 3.63) is 23.0 Å². The van der Waals surface area contributed by atoms with E-state index in [0.717, 1.165) is 31.3 Å². The van der Waals surface area contributed by atoms with Gasteiger partial charge >= 0.3 is 0 Å². The zero-order valence-electron chi connectivity index (χ0n) is 13.7. The lowest BCUT2D eigenvalue weighted by Crippen LogP contribution is -2.45. The van der Waals surface area contributed by atoms with Gasteiger partial charge in [-0.1, -0.05) is 6.92 Å². The van der Waals surface area contributed by atoms with Gasteiger partial charge in [0.2, 0.25) is 5.78 Å². The van der Waals surface area contributed by atoms with Crippen LogP contribution < -0.4 is 0 Å². The van der Waals surface area contributed by atoms with Gasteiger partial charge in [-0.3, -0.25) is 14.4 Å². The molecule has 4 heteroatoms. The molecule has 0 amide bonds. The van der Waals surface area contributed by atoms with Crippen LogP contribution >= 0.6 is 0 Å². The molecule has 0 aromatic carbocycles. The Balaban J connectivity index is 1.72. The summed E-state index contributed by atoms with van der Waals surface area (Å²) in [5, 5.41) is 0. The maximum atomic E-state index is 12.6. The Hall–Kier alpha value is -1.71. The van der Waals surface area contributed by atoms with E-state index in [-0.39, 0.29) is 28.7 Å². The van der Waals surface area contributed by atoms with Crippen LogP contribution in [0.5, 0.6) is 0 Å². The molecule has 0 radical (unpaired) electrons. The standard InChI is InChI=1S/C19H22O4/c1-19-8-7-11-10(13(19)5-6-16(19)21)3-4-12-17(11)14(20)9-15(23-2)18(12)22/h9-11,13H,3-8H2,1-2H3/t10-,11+,13+,19+/m1/s1. The second-order valence-corrected chi connectivity index (χ2v) is 7.63. The topological polar surface area (TPSA) is 60.4 Å². The summed E-state index contributed by atoms with van der Waals surface area (Å²) in [7, 11) is 1.43. The number of rotatable bonds is 1. The maximum absolute atomic E-state index is 12.6. The highest BCUT2D eigenvalue weighted by Crippen LogP contribution is 2.59. The van der Waals surface area contributed by atoms with Crippen molar-refractivity contribution < 1.29 is 19.1 Å². The Morgan fingerprint density at radius 3 is 2.65 bits per heavy atom. The SMILES string of the molecule is COC1=CC(=O)C2=C(CC[C@@H]3[C@@H]2CC[C@]2(C)C(=O)CC[C@@H]32)C1=O. The number of hydrogen-bond donors (Lipinski definition) is 0. The predicted molar refractivity (Wildman–Crippen MR) is 83.4 cm³/mol. The molecule has 0 aromatic heterocycles. The van der Waals surface area contributed by atoms with Crippen molar-refractivity contribution in [2.75, 3.05) is 7.11 Å². The summed E-state index contributed by atoms with van der Waals surface area (Å²) in [5.74, 6) is 1.29. The Bertz CT molecular complexity index is 683. The molecule has 0 bridgehead atoms. The van der Waals surface area contributed by atoms with Crippen LogP contribution in [0.25, 0.3) is 0 Å². The Labute approximate surface area is 136 Å². The number of carbonyl (C=O) groups is 3. The summed E-state index contributed by atoms with van der Waals surface area (Å²) in [5.41, 5.74) is 1.20.